The number of imidazole rings is 1. The molecular formula is C43H26N4S. The zero-order valence-corrected chi connectivity index (χ0v) is 26.5. The van der Waals surface area contributed by atoms with E-state index in [4.69, 9.17) is 9.97 Å². The minimum atomic E-state index is 0.933. The van der Waals surface area contributed by atoms with Gasteiger partial charge in [0.25, 0.3) is 0 Å². The number of benzene rings is 6. The Morgan fingerprint density at radius 1 is 0.521 bits per heavy atom. The average molecular weight is 631 g/mol. The van der Waals surface area contributed by atoms with Crippen molar-refractivity contribution in [2.45, 2.75) is 0 Å². The number of para-hydroxylation sites is 3. The zero-order chi connectivity index (χ0) is 31.6. The molecule has 10 aromatic rings. The largest absolute Gasteiger partial charge is 0.292 e. The van der Waals surface area contributed by atoms with Crippen molar-refractivity contribution < 1.29 is 0 Å². The quantitative estimate of drug-likeness (QED) is 0.182. The summed E-state index contributed by atoms with van der Waals surface area (Å²) in [5.41, 5.74) is 10.6. The zero-order valence-electron chi connectivity index (χ0n) is 25.7. The van der Waals surface area contributed by atoms with Gasteiger partial charge < -0.3 is 0 Å². The third-order valence-corrected chi connectivity index (χ3v) is 10.4. The number of pyridine rings is 2. The highest BCUT2D eigenvalue weighted by Gasteiger charge is 2.16. The molecule has 0 aliphatic heterocycles. The van der Waals surface area contributed by atoms with Crippen LogP contribution in [0.1, 0.15) is 0 Å². The summed E-state index contributed by atoms with van der Waals surface area (Å²) in [7, 11) is 0. The standard InChI is InChI=1S/C43H26N4S/c1-2-9-32(10-3-1)47-37-13-5-4-12-36(37)46-43(47)30-19-15-27(16-20-30)33-11-6-14-39-40(33)34-26-31(22-24-38(34)48-39)35-23-21-29-18-17-28-8-7-25-44-41(28)42(29)45-35/h1-26H. The van der Waals surface area contributed by atoms with Crippen LogP contribution in [0.5, 0.6) is 0 Å². The van der Waals surface area contributed by atoms with Crippen LogP contribution in [0.2, 0.25) is 0 Å². The van der Waals surface area contributed by atoms with Crippen LogP contribution in [0, 0.1) is 0 Å². The number of aromatic nitrogens is 4. The van der Waals surface area contributed by atoms with E-state index in [0.717, 1.165) is 61.2 Å². The second-order valence-corrected chi connectivity index (χ2v) is 13.2. The van der Waals surface area contributed by atoms with Gasteiger partial charge in [-0.15, -0.1) is 11.3 Å². The number of fused-ring (bicyclic) bond motifs is 7. The molecule has 0 saturated carbocycles. The molecule has 0 aliphatic carbocycles. The average Bonchev–Trinajstić information content (AvgIpc) is 3.74. The van der Waals surface area contributed by atoms with E-state index in [1.807, 2.05) is 35.7 Å². The lowest BCUT2D eigenvalue weighted by molar-refractivity contribution is 1.10. The Morgan fingerprint density at radius 3 is 2.19 bits per heavy atom. The van der Waals surface area contributed by atoms with E-state index in [9.17, 15) is 0 Å². The predicted molar refractivity (Wildman–Crippen MR) is 201 cm³/mol. The SMILES string of the molecule is c1ccc(-n2c(-c3ccc(-c4cccc5sc6ccc(-c7ccc8ccc9cccnc9c8n7)cc6c45)cc3)nc3ccccc32)cc1. The molecule has 10 rings (SSSR count). The van der Waals surface area contributed by atoms with E-state index >= 15 is 0 Å². The molecule has 0 unspecified atom stereocenters. The number of hydrogen-bond donors (Lipinski definition) is 0. The normalized spacial score (nSPS) is 11.8. The Morgan fingerprint density at radius 2 is 1.29 bits per heavy atom. The predicted octanol–water partition coefficient (Wildman–Crippen LogP) is 11.5. The topological polar surface area (TPSA) is 43.6 Å². The van der Waals surface area contributed by atoms with Crippen molar-refractivity contribution in [3.63, 3.8) is 0 Å². The highest BCUT2D eigenvalue weighted by molar-refractivity contribution is 7.26. The Balaban J connectivity index is 1.09. The molecule has 4 aromatic heterocycles. The molecule has 0 spiro atoms. The number of thiophene rings is 1. The van der Waals surface area contributed by atoms with Gasteiger partial charge >= 0.3 is 0 Å². The van der Waals surface area contributed by atoms with E-state index in [-0.39, 0.29) is 0 Å². The monoisotopic (exact) mass is 630 g/mol. The van der Waals surface area contributed by atoms with Crippen molar-refractivity contribution in [3.05, 3.63) is 158 Å². The minimum Gasteiger partial charge on any atom is -0.292 e. The maximum atomic E-state index is 5.14. The van der Waals surface area contributed by atoms with Crippen LogP contribution in [0.15, 0.2) is 158 Å². The maximum absolute atomic E-state index is 5.14. The first-order valence-corrected chi connectivity index (χ1v) is 16.8. The fourth-order valence-electron chi connectivity index (χ4n) is 6.97. The van der Waals surface area contributed by atoms with Crippen molar-refractivity contribution in [3.8, 4) is 39.5 Å². The van der Waals surface area contributed by atoms with E-state index < -0.39 is 0 Å². The molecule has 4 heterocycles. The summed E-state index contributed by atoms with van der Waals surface area (Å²) in [6, 6.07) is 53.6. The van der Waals surface area contributed by atoms with Crippen molar-refractivity contribution in [2.24, 2.45) is 0 Å². The molecule has 224 valence electrons. The van der Waals surface area contributed by atoms with Gasteiger partial charge in [-0.1, -0.05) is 97.1 Å². The first-order chi connectivity index (χ1) is 23.8. The second-order valence-electron chi connectivity index (χ2n) is 12.1. The summed E-state index contributed by atoms with van der Waals surface area (Å²) >= 11 is 1.84. The van der Waals surface area contributed by atoms with Crippen LogP contribution in [0.25, 0.3) is 92.5 Å². The molecule has 48 heavy (non-hydrogen) atoms. The Kier molecular flexibility index (Phi) is 6.01. The Bertz CT molecular complexity index is 2830. The van der Waals surface area contributed by atoms with Gasteiger partial charge in [-0.3, -0.25) is 9.55 Å². The summed E-state index contributed by atoms with van der Waals surface area (Å²) < 4.78 is 4.79. The second kappa shape index (κ2) is 10.7. The van der Waals surface area contributed by atoms with Crippen molar-refractivity contribution in [1.82, 2.24) is 19.5 Å². The van der Waals surface area contributed by atoms with Crippen LogP contribution >= 0.6 is 11.3 Å². The number of rotatable bonds is 4. The summed E-state index contributed by atoms with van der Waals surface area (Å²) in [6.45, 7) is 0. The third kappa shape index (κ3) is 4.25. The molecule has 0 atom stereocenters. The molecule has 0 radical (unpaired) electrons. The summed E-state index contributed by atoms with van der Waals surface area (Å²) in [6.07, 6.45) is 1.84. The van der Waals surface area contributed by atoms with E-state index in [1.165, 1.54) is 31.3 Å². The fraction of sp³-hybridized carbons (Fsp3) is 0. The number of hydrogen-bond acceptors (Lipinski definition) is 4. The van der Waals surface area contributed by atoms with Crippen LogP contribution in [0.3, 0.4) is 0 Å². The lowest BCUT2D eigenvalue weighted by Gasteiger charge is -2.11. The summed E-state index contributed by atoms with van der Waals surface area (Å²) in [4.78, 5) is 14.9. The van der Waals surface area contributed by atoms with Crippen LogP contribution in [0.4, 0.5) is 0 Å². The number of nitrogens with zero attached hydrogens (tertiary/aromatic N) is 4. The van der Waals surface area contributed by atoms with Crippen molar-refractivity contribution >= 4 is 64.3 Å². The smallest absolute Gasteiger partial charge is 0.145 e. The first-order valence-electron chi connectivity index (χ1n) is 16.0. The van der Waals surface area contributed by atoms with E-state index in [0.29, 0.717) is 0 Å². The van der Waals surface area contributed by atoms with Gasteiger partial charge in [0.15, 0.2) is 0 Å². The van der Waals surface area contributed by atoms with Gasteiger partial charge in [0.05, 0.1) is 27.8 Å². The molecule has 4 nitrogen and oxygen atoms in total. The summed E-state index contributed by atoms with van der Waals surface area (Å²) in [5, 5.41) is 4.71. The molecule has 0 amide bonds. The molecule has 0 saturated heterocycles. The van der Waals surface area contributed by atoms with Gasteiger partial charge in [0.2, 0.25) is 0 Å². The highest BCUT2D eigenvalue weighted by Crippen LogP contribution is 2.42. The molecule has 0 fully saturated rings. The van der Waals surface area contributed by atoms with Crippen LogP contribution in [-0.4, -0.2) is 19.5 Å². The molecular weight excluding hydrogens is 605 g/mol. The van der Waals surface area contributed by atoms with Crippen molar-refractivity contribution in [1.29, 1.82) is 0 Å². The minimum absolute atomic E-state index is 0.933. The lowest BCUT2D eigenvalue weighted by Crippen LogP contribution is -1.97. The van der Waals surface area contributed by atoms with Gasteiger partial charge in [0.1, 0.15) is 5.82 Å². The van der Waals surface area contributed by atoms with Gasteiger partial charge in [-0.25, -0.2) is 9.97 Å². The van der Waals surface area contributed by atoms with E-state index in [2.05, 4.69) is 143 Å². The molecule has 0 aliphatic rings. The van der Waals surface area contributed by atoms with Gasteiger partial charge in [-0.05, 0) is 65.7 Å². The molecule has 0 bridgehead atoms. The Hall–Kier alpha value is -6.17. The first kappa shape index (κ1) is 27.0. The summed E-state index contributed by atoms with van der Waals surface area (Å²) in [5.74, 6) is 0.934. The van der Waals surface area contributed by atoms with Crippen LogP contribution in [-0.2, 0) is 0 Å². The highest BCUT2D eigenvalue weighted by atomic mass is 32.1. The maximum Gasteiger partial charge on any atom is 0.145 e. The lowest BCUT2D eigenvalue weighted by atomic mass is 9.97. The Labute approximate surface area is 280 Å². The molecule has 5 heteroatoms. The van der Waals surface area contributed by atoms with Gasteiger partial charge in [-0.2, -0.15) is 0 Å². The van der Waals surface area contributed by atoms with Crippen LogP contribution < -0.4 is 0 Å². The fourth-order valence-corrected chi connectivity index (χ4v) is 8.08. The van der Waals surface area contributed by atoms with Gasteiger partial charge in [0, 0.05) is 54.0 Å². The molecule has 0 N–H and O–H groups in total. The third-order valence-electron chi connectivity index (χ3n) is 9.25. The molecule has 6 aromatic carbocycles. The van der Waals surface area contributed by atoms with Crippen molar-refractivity contribution in [2.75, 3.05) is 0 Å². The van der Waals surface area contributed by atoms with E-state index in [1.54, 1.807) is 0 Å².